The van der Waals surface area contributed by atoms with Crippen LogP contribution in [0.25, 0.3) is 0 Å². The van der Waals surface area contributed by atoms with Crippen molar-refractivity contribution in [3.05, 3.63) is 101 Å². The highest BCUT2D eigenvalue weighted by Crippen LogP contribution is 2.32. The summed E-state index contributed by atoms with van der Waals surface area (Å²) >= 11 is 0. The van der Waals surface area contributed by atoms with E-state index in [0.29, 0.717) is 35.8 Å². The fourth-order valence-electron chi connectivity index (χ4n) is 4.10. The molecule has 194 valence electrons. The van der Waals surface area contributed by atoms with Gasteiger partial charge in [-0.05, 0) is 54.4 Å². The van der Waals surface area contributed by atoms with E-state index in [9.17, 15) is 13.6 Å². The van der Waals surface area contributed by atoms with Crippen molar-refractivity contribution in [2.24, 2.45) is 4.99 Å². The molecule has 1 heterocycles. The maximum atomic E-state index is 13.5. The van der Waals surface area contributed by atoms with Gasteiger partial charge in [-0.25, -0.2) is 19.2 Å². The largest absolute Gasteiger partial charge is 0.494 e. The van der Waals surface area contributed by atoms with Gasteiger partial charge in [0.1, 0.15) is 23.5 Å². The number of nitrogens with zero attached hydrogens (tertiary/aromatic N) is 1. The second kappa shape index (κ2) is 11.9. The SMILES string of the molecule is C[C@@H]1OC(c2ccc(OCCCO)cc2)=N[C@]1(Cc1ccccc1)C(=O)NNCc1cc(F)cc(F)c1. The lowest BCUT2D eigenvalue weighted by atomic mass is 9.86. The minimum atomic E-state index is -1.28. The molecule has 0 fully saturated rings. The topological polar surface area (TPSA) is 92.2 Å². The van der Waals surface area contributed by atoms with Gasteiger partial charge >= 0.3 is 0 Å². The molecule has 3 aromatic rings. The minimum Gasteiger partial charge on any atom is -0.494 e. The molecule has 2 atom stereocenters. The van der Waals surface area contributed by atoms with E-state index in [1.165, 1.54) is 12.1 Å². The number of carbonyl (C=O) groups is 1. The van der Waals surface area contributed by atoms with Gasteiger partial charge in [0.05, 0.1) is 6.61 Å². The van der Waals surface area contributed by atoms with E-state index in [4.69, 9.17) is 19.6 Å². The van der Waals surface area contributed by atoms with Crippen LogP contribution in [0.2, 0.25) is 0 Å². The van der Waals surface area contributed by atoms with Crippen LogP contribution in [0.1, 0.15) is 30.0 Å². The smallest absolute Gasteiger partial charge is 0.266 e. The average Bonchev–Trinajstić information content (AvgIpc) is 3.21. The predicted molar refractivity (Wildman–Crippen MR) is 135 cm³/mol. The molecular formula is C28H29F2N3O4. The fourth-order valence-corrected chi connectivity index (χ4v) is 4.10. The number of rotatable bonds is 11. The Hall–Kier alpha value is -3.82. The van der Waals surface area contributed by atoms with Gasteiger partial charge in [-0.3, -0.25) is 10.2 Å². The van der Waals surface area contributed by atoms with Crippen LogP contribution in [0.3, 0.4) is 0 Å². The zero-order valence-corrected chi connectivity index (χ0v) is 20.4. The van der Waals surface area contributed by atoms with Gasteiger partial charge in [-0.2, -0.15) is 0 Å². The van der Waals surface area contributed by atoms with Crippen molar-refractivity contribution in [2.75, 3.05) is 13.2 Å². The lowest BCUT2D eigenvalue weighted by Gasteiger charge is -2.28. The van der Waals surface area contributed by atoms with E-state index in [0.717, 1.165) is 11.6 Å². The molecule has 9 heteroatoms. The van der Waals surface area contributed by atoms with Crippen molar-refractivity contribution in [3.63, 3.8) is 0 Å². The zero-order valence-electron chi connectivity index (χ0n) is 20.4. The van der Waals surface area contributed by atoms with Crippen molar-refractivity contribution < 1.29 is 28.2 Å². The molecule has 0 saturated heterocycles. The van der Waals surface area contributed by atoms with Crippen molar-refractivity contribution in [1.29, 1.82) is 0 Å². The average molecular weight is 510 g/mol. The van der Waals surface area contributed by atoms with E-state index in [2.05, 4.69) is 10.9 Å². The van der Waals surface area contributed by atoms with Crippen LogP contribution in [0.15, 0.2) is 77.8 Å². The quantitative estimate of drug-likeness (QED) is 0.271. The monoisotopic (exact) mass is 509 g/mol. The summed E-state index contributed by atoms with van der Waals surface area (Å²) in [6.07, 6.45) is 0.216. The summed E-state index contributed by atoms with van der Waals surface area (Å²) < 4.78 is 38.7. The third-order valence-electron chi connectivity index (χ3n) is 6.06. The summed E-state index contributed by atoms with van der Waals surface area (Å²) in [6, 6.07) is 19.8. The number of hydrazine groups is 1. The first-order valence-corrected chi connectivity index (χ1v) is 12.0. The predicted octanol–water partition coefficient (Wildman–Crippen LogP) is 3.69. The molecular weight excluding hydrogens is 480 g/mol. The Morgan fingerprint density at radius 1 is 1.05 bits per heavy atom. The molecule has 0 bridgehead atoms. The maximum absolute atomic E-state index is 13.5. The molecule has 0 unspecified atom stereocenters. The summed E-state index contributed by atoms with van der Waals surface area (Å²) in [4.78, 5) is 18.3. The van der Waals surface area contributed by atoms with Crippen LogP contribution in [0.5, 0.6) is 5.75 Å². The summed E-state index contributed by atoms with van der Waals surface area (Å²) in [5.74, 6) is -0.844. The number of hydrogen-bond donors (Lipinski definition) is 3. The first-order chi connectivity index (χ1) is 17.9. The Bertz CT molecular complexity index is 1220. The van der Waals surface area contributed by atoms with Gasteiger partial charge in [-0.15, -0.1) is 0 Å². The van der Waals surface area contributed by atoms with E-state index in [1.54, 1.807) is 31.2 Å². The third kappa shape index (κ3) is 6.49. The van der Waals surface area contributed by atoms with Crippen LogP contribution < -0.4 is 15.6 Å². The standard InChI is InChI=1S/C28H29F2N3O4/c1-19-28(17-20-6-3-2-4-7-20,27(35)33-31-18-21-14-23(29)16-24(30)15-21)32-26(37-19)22-8-10-25(11-9-22)36-13-5-12-34/h2-4,6-11,14-16,19,31,34H,5,12-13,17-18H2,1H3,(H,33,35)/t19-,28-/m0/s1. The first kappa shape index (κ1) is 26.2. The number of aliphatic hydroxyl groups is 1. The van der Waals surface area contributed by atoms with Gasteiger partial charge in [0.15, 0.2) is 5.54 Å². The molecule has 1 aliphatic rings. The van der Waals surface area contributed by atoms with E-state index >= 15 is 0 Å². The maximum Gasteiger partial charge on any atom is 0.266 e. The molecule has 0 radical (unpaired) electrons. The molecule has 4 rings (SSSR count). The number of aliphatic imine (C=N–C) groups is 1. The Labute approximate surface area is 214 Å². The van der Waals surface area contributed by atoms with Gasteiger partial charge < -0.3 is 14.6 Å². The van der Waals surface area contributed by atoms with Gasteiger partial charge in [-0.1, -0.05) is 30.3 Å². The first-order valence-electron chi connectivity index (χ1n) is 12.0. The molecule has 1 amide bonds. The Morgan fingerprint density at radius 2 is 1.76 bits per heavy atom. The summed E-state index contributed by atoms with van der Waals surface area (Å²) in [7, 11) is 0. The third-order valence-corrected chi connectivity index (χ3v) is 6.06. The molecule has 0 saturated carbocycles. The number of aliphatic hydroxyl groups excluding tert-OH is 1. The molecule has 3 N–H and O–H groups in total. The Balaban J connectivity index is 1.54. The molecule has 0 aliphatic carbocycles. The molecule has 7 nitrogen and oxygen atoms in total. The number of ether oxygens (including phenoxy) is 2. The lowest BCUT2D eigenvalue weighted by molar-refractivity contribution is -0.129. The van der Waals surface area contributed by atoms with E-state index in [1.807, 2.05) is 30.3 Å². The second-order valence-electron chi connectivity index (χ2n) is 8.80. The van der Waals surface area contributed by atoms with Crippen LogP contribution >= 0.6 is 0 Å². The molecule has 0 aromatic heterocycles. The summed E-state index contributed by atoms with van der Waals surface area (Å²) in [5.41, 5.74) is 6.06. The number of benzene rings is 3. The van der Waals surface area contributed by atoms with Crippen molar-refractivity contribution in [2.45, 2.75) is 38.0 Å². The highest BCUT2D eigenvalue weighted by molar-refractivity contribution is 6.00. The summed E-state index contributed by atoms with van der Waals surface area (Å²) in [6.45, 7) is 2.26. The molecule has 0 spiro atoms. The molecule has 37 heavy (non-hydrogen) atoms. The summed E-state index contributed by atoms with van der Waals surface area (Å²) in [5, 5.41) is 8.91. The highest BCUT2D eigenvalue weighted by Gasteiger charge is 2.50. The minimum absolute atomic E-state index is 0.0192. The number of hydrogen-bond acceptors (Lipinski definition) is 6. The van der Waals surface area contributed by atoms with Crippen LogP contribution in [-0.4, -0.2) is 41.8 Å². The van der Waals surface area contributed by atoms with Gasteiger partial charge in [0, 0.05) is 37.6 Å². The van der Waals surface area contributed by atoms with Crippen LogP contribution in [0.4, 0.5) is 8.78 Å². The highest BCUT2D eigenvalue weighted by atomic mass is 19.1. The molecule has 3 aromatic carbocycles. The Kier molecular flexibility index (Phi) is 8.47. The van der Waals surface area contributed by atoms with Crippen molar-refractivity contribution in [1.82, 2.24) is 10.9 Å². The zero-order chi connectivity index (χ0) is 26.3. The van der Waals surface area contributed by atoms with Gasteiger partial charge in [0.2, 0.25) is 5.90 Å². The van der Waals surface area contributed by atoms with Gasteiger partial charge in [0.25, 0.3) is 5.91 Å². The van der Waals surface area contributed by atoms with Crippen LogP contribution in [0, 0.1) is 11.6 Å². The number of halogens is 2. The number of amides is 1. The van der Waals surface area contributed by atoms with Crippen LogP contribution in [-0.2, 0) is 22.5 Å². The van der Waals surface area contributed by atoms with Crippen molar-refractivity contribution in [3.8, 4) is 5.75 Å². The molecule has 1 aliphatic heterocycles. The van der Waals surface area contributed by atoms with Crippen molar-refractivity contribution >= 4 is 11.8 Å². The Morgan fingerprint density at radius 3 is 2.43 bits per heavy atom. The second-order valence-corrected chi connectivity index (χ2v) is 8.80. The number of carbonyl (C=O) groups excluding carboxylic acids is 1. The lowest BCUT2D eigenvalue weighted by Crippen LogP contribution is -2.55. The van der Waals surface area contributed by atoms with E-state index in [-0.39, 0.29) is 19.6 Å². The number of nitrogens with one attached hydrogen (secondary N) is 2. The fraction of sp³-hybridized carbons (Fsp3) is 0.286. The normalized spacial score (nSPS) is 18.7. The van der Waals surface area contributed by atoms with E-state index < -0.39 is 29.2 Å².